The summed E-state index contributed by atoms with van der Waals surface area (Å²) in [5.41, 5.74) is 6.30. The highest BCUT2D eigenvalue weighted by molar-refractivity contribution is 8.18. The molecule has 0 spiro atoms. The first-order chi connectivity index (χ1) is 29.9. The molecule has 4 aliphatic rings. The van der Waals surface area contributed by atoms with Crippen molar-refractivity contribution in [1.82, 2.24) is 20.6 Å². The summed E-state index contributed by atoms with van der Waals surface area (Å²) in [5, 5.41) is 9.39. The zero-order valence-corrected chi connectivity index (χ0v) is 37.0. The van der Waals surface area contributed by atoms with E-state index in [0.717, 1.165) is 63.2 Å². The number of amides is 2. The molecule has 61 heavy (non-hydrogen) atoms. The average molecular weight is 881 g/mol. The Morgan fingerprint density at radius 2 is 1.23 bits per heavy atom. The van der Waals surface area contributed by atoms with E-state index >= 15 is 0 Å². The topological polar surface area (TPSA) is 126 Å². The molecule has 0 radical (unpaired) electrons. The van der Waals surface area contributed by atoms with Crippen molar-refractivity contribution in [1.29, 1.82) is 0 Å². The molecule has 2 amide bonds. The number of nitrogens with zero attached hydrogens (tertiary/aromatic N) is 4. The van der Waals surface area contributed by atoms with Crippen molar-refractivity contribution < 1.29 is 14.4 Å². The highest BCUT2D eigenvalue weighted by Crippen LogP contribution is 2.45. The van der Waals surface area contributed by atoms with E-state index in [0.29, 0.717) is 39.3 Å². The number of aromatic nitrogens is 2. The molecule has 0 bridgehead atoms. The van der Waals surface area contributed by atoms with Crippen LogP contribution in [0.1, 0.15) is 65.6 Å². The quantitative estimate of drug-likeness (QED) is 0.0786. The van der Waals surface area contributed by atoms with Crippen LogP contribution in [0.4, 0.5) is 0 Å². The Bertz CT molecular complexity index is 2660. The lowest BCUT2D eigenvalue weighted by atomic mass is 10.1. The van der Waals surface area contributed by atoms with Gasteiger partial charge in [-0.25, -0.2) is 0 Å². The predicted molar refractivity (Wildman–Crippen MR) is 256 cm³/mol. The van der Waals surface area contributed by atoms with Crippen molar-refractivity contribution in [2.75, 3.05) is 17.3 Å². The summed E-state index contributed by atoms with van der Waals surface area (Å²) in [4.78, 5) is 55.3. The van der Waals surface area contributed by atoms with Crippen molar-refractivity contribution >= 4 is 103 Å². The number of pyridine rings is 2. The zero-order valence-electron chi connectivity index (χ0n) is 33.7. The third-order valence-corrected chi connectivity index (χ3v) is 14.0. The van der Waals surface area contributed by atoms with Crippen LogP contribution >= 0.6 is 47.0 Å². The Balaban J connectivity index is 0.000000139. The molecule has 10 rings (SSSR count). The van der Waals surface area contributed by atoms with Crippen LogP contribution in [0, 0.1) is 0 Å². The molecular weight excluding hydrogens is 837 g/mol. The fraction of sp³-hybridized carbons (Fsp3) is 0.229. The summed E-state index contributed by atoms with van der Waals surface area (Å²) in [6, 6.07) is 37.3. The van der Waals surface area contributed by atoms with Crippen molar-refractivity contribution in [3.8, 4) is 0 Å². The molecule has 13 heteroatoms. The van der Waals surface area contributed by atoms with Gasteiger partial charge in [0.2, 0.25) is 5.91 Å². The molecule has 2 aromatic heterocycles. The predicted octanol–water partition coefficient (Wildman–Crippen LogP) is 10.4. The molecule has 4 fully saturated rings. The Labute approximate surface area is 372 Å². The van der Waals surface area contributed by atoms with Crippen LogP contribution in [-0.2, 0) is 9.59 Å². The minimum atomic E-state index is -0.0786. The molecule has 2 aliphatic heterocycles. The molecule has 4 aromatic carbocycles. The van der Waals surface area contributed by atoms with Gasteiger partial charge in [0, 0.05) is 50.4 Å². The van der Waals surface area contributed by atoms with Crippen LogP contribution in [0.25, 0.3) is 27.9 Å². The Kier molecular flexibility index (Phi) is 14.0. The maximum Gasteiger partial charge on any atom is 0.264 e. The summed E-state index contributed by atoms with van der Waals surface area (Å²) >= 11 is 6.51. The second kappa shape index (κ2) is 20.1. The first-order valence-electron chi connectivity index (χ1n) is 20.3. The van der Waals surface area contributed by atoms with Crippen LogP contribution in [0.5, 0.6) is 0 Å². The van der Waals surface area contributed by atoms with Crippen LogP contribution in [0.2, 0.25) is 0 Å². The number of hydrogen-bond donors (Lipinski definition) is 2. The highest BCUT2D eigenvalue weighted by atomic mass is 32.2. The van der Waals surface area contributed by atoms with Gasteiger partial charge in [0.05, 0.1) is 33.8 Å². The van der Waals surface area contributed by atoms with Crippen molar-refractivity contribution in [2.45, 2.75) is 60.4 Å². The molecule has 6 aromatic rings. The smallest absolute Gasteiger partial charge is 0.264 e. The largest absolute Gasteiger partial charge is 0.305 e. The van der Waals surface area contributed by atoms with E-state index in [9.17, 15) is 14.4 Å². The van der Waals surface area contributed by atoms with Gasteiger partial charge in [0.1, 0.15) is 6.29 Å². The van der Waals surface area contributed by atoms with E-state index in [1.165, 1.54) is 44.4 Å². The maximum atomic E-state index is 12.5. The van der Waals surface area contributed by atoms with Gasteiger partial charge in [-0.3, -0.25) is 34.3 Å². The number of carbonyl (C=O) groups excluding carboxylic acids is 3. The van der Waals surface area contributed by atoms with Gasteiger partial charge in [-0.15, -0.1) is 23.5 Å². The number of aldehydes is 1. The van der Waals surface area contributed by atoms with E-state index in [4.69, 9.17) is 4.99 Å². The number of fused-ring (bicyclic) bond motifs is 2. The summed E-state index contributed by atoms with van der Waals surface area (Å²) in [6.45, 7) is 4.26. The minimum absolute atomic E-state index is 0.0701. The van der Waals surface area contributed by atoms with E-state index in [1.807, 2.05) is 60.8 Å². The second-order valence-corrected chi connectivity index (χ2v) is 19.2. The lowest BCUT2D eigenvalue weighted by Crippen LogP contribution is -2.20. The fourth-order valence-corrected chi connectivity index (χ4v) is 10.3. The Hall–Kier alpha value is -5.21. The Morgan fingerprint density at radius 1 is 0.689 bits per heavy atom. The molecule has 4 heterocycles. The lowest BCUT2D eigenvalue weighted by molar-refractivity contribution is -0.117. The number of hydrogen-bond acceptors (Lipinski definition) is 11. The van der Waals surface area contributed by atoms with Crippen LogP contribution in [0.15, 0.2) is 146 Å². The third kappa shape index (κ3) is 11.0. The number of aliphatic imine (C=N–C) groups is 2. The van der Waals surface area contributed by atoms with Gasteiger partial charge < -0.3 is 10.6 Å². The number of thioether (sulfide) groups is 4. The molecule has 308 valence electrons. The summed E-state index contributed by atoms with van der Waals surface area (Å²) in [6.07, 6.45) is 8.61. The van der Waals surface area contributed by atoms with Gasteiger partial charge in [-0.2, -0.15) is 0 Å². The van der Waals surface area contributed by atoms with E-state index in [1.54, 1.807) is 35.8 Å². The van der Waals surface area contributed by atoms with E-state index < -0.39 is 0 Å². The fourth-order valence-electron chi connectivity index (χ4n) is 7.10. The first kappa shape index (κ1) is 42.5. The average Bonchev–Trinajstić information content (AvgIpc) is 4.17. The van der Waals surface area contributed by atoms with Crippen molar-refractivity contribution in [2.24, 2.45) is 9.98 Å². The molecule has 2 saturated heterocycles. The normalized spacial score (nSPS) is 22.0. The van der Waals surface area contributed by atoms with Crippen molar-refractivity contribution in [3.63, 3.8) is 0 Å². The maximum absolute atomic E-state index is 12.5. The molecule has 2 aliphatic carbocycles. The number of benzene rings is 4. The number of amidine groups is 2. The molecule has 2 saturated carbocycles. The monoisotopic (exact) mass is 880 g/mol. The lowest BCUT2D eigenvalue weighted by Gasteiger charge is -2.05. The second-order valence-electron chi connectivity index (χ2n) is 14.6. The summed E-state index contributed by atoms with van der Waals surface area (Å²) in [7, 11) is 0. The van der Waals surface area contributed by atoms with Crippen molar-refractivity contribution in [3.05, 3.63) is 149 Å². The van der Waals surface area contributed by atoms with Crippen LogP contribution in [0.3, 0.4) is 0 Å². The van der Waals surface area contributed by atoms with Gasteiger partial charge in [0.15, 0.2) is 10.3 Å². The number of rotatable bonds is 10. The molecule has 4 atom stereocenters. The SMILES string of the molecule is CCSc1ccnc2ccc(/C=C3\SC(=N[C@H]4C[C@@H]4c4ccccc4)NC3=O)cc12.CCSc1ccnc2ccc(C=O)cc12.O=C1CSC(=N[C@H]2C[C@@H]2c2ccccc2)N1. The third-order valence-electron chi connectivity index (χ3n) is 10.3. The highest BCUT2D eigenvalue weighted by Gasteiger charge is 2.40. The van der Waals surface area contributed by atoms with Gasteiger partial charge in [0.25, 0.3) is 5.91 Å². The minimum Gasteiger partial charge on any atom is -0.305 e. The Morgan fingerprint density at radius 3 is 1.75 bits per heavy atom. The standard InChI is InChI=1S/C24H21N3OS2.C12H12N2OS.C12H11NOS/c1-2-29-21-10-11-25-19-9-8-15(12-18(19)21)13-22-23(28)27-24(30-22)26-20-14-17(20)16-6-4-3-5-7-16;15-11-7-16-12(14-11)13-10-6-9(10)8-4-2-1-3-5-8;1-2-15-12-5-6-13-11-4-3-9(8-14)7-10(11)12/h3-13,17,20H,2,14H2,1H3,(H,26,27,28);1-5,9-10H,6-7H2,(H,13,14,15);3-8H,2H2,1H3/b22-13-;;/t17-,20+;9-,10+;/m11./s1. The number of carbonyl (C=O) groups is 3. The number of nitrogens with one attached hydrogen (secondary N) is 2. The zero-order chi connectivity index (χ0) is 42.1. The molecule has 2 N–H and O–H groups in total. The van der Waals surface area contributed by atoms with Gasteiger partial charge in [-0.1, -0.05) is 92.3 Å². The molecule has 0 unspecified atom stereocenters. The summed E-state index contributed by atoms with van der Waals surface area (Å²) in [5.74, 6) is 3.55. The van der Waals surface area contributed by atoms with Crippen LogP contribution in [-0.4, -0.2) is 67.7 Å². The van der Waals surface area contributed by atoms with Crippen LogP contribution < -0.4 is 10.6 Å². The van der Waals surface area contributed by atoms with E-state index in [2.05, 4.69) is 94.0 Å². The molecular formula is C48H44N6O3S4. The van der Waals surface area contributed by atoms with E-state index in [-0.39, 0.29) is 17.9 Å². The molecule has 9 nitrogen and oxygen atoms in total. The first-order valence-corrected chi connectivity index (χ1v) is 24.0. The van der Waals surface area contributed by atoms with Gasteiger partial charge >= 0.3 is 0 Å². The van der Waals surface area contributed by atoms with Gasteiger partial charge in [-0.05, 0) is 101 Å². The summed E-state index contributed by atoms with van der Waals surface area (Å²) < 4.78 is 0.